The lowest BCUT2D eigenvalue weighted by Gasteiger charge is -2.25. The molecule has 0 aliphatic carbocycles. The molecule has 0 bridgehead atoms. The van der Waals surface area contributed by atoms with Crippen LogP contribution in [-0.2, 0) is 67.2 Å². The number of aromatic nitrogens is 3. The van der Waals surface area contributed by atoms with Gasteiger partial charge in [-0.15, -0.1) is 5.10 Å². The van der Waals surface area contributed by atoms with Gasteiger partial charge in [-0.05, 0) is 49.3 Å². The topological polar surface area (TPSA) is 307 Å². The van der Waals surface area contributed by atoms with E-state index in [1.54, 1.807) is 38.2 Å². The number of nitrogens with zero attached hydrogens (tertiary/aromatic N) is 3. The summed E-state index contributed by atoms with van der Waals surface area (Å²) >= 11 is 0. The first-order chi connectivity index (χ1) is 30.9. The molecular weight excluding hydrogens is 841 g/mol. The third kappa shape index (κ3) is 24.4. The van der Waals surface area contributed by atoms with Gasteiger partial charge in [-0.2, -0.15) is 0 Å². The maximum atomic E-state index is 13.6. The first-order valence-corrected chi connectivity index (χ1v) is 21.5. The highest BCUT2D eigenvalue weighted by Gasteiger charge is 2.29. The summed E-state index contributed by atoms with van der Waals surface area (Å²) in [4.78, 5) is 76.2. The van der Waals surface area contributed by atoms with E-state index in [0.717, 1.165) is 12.0 Å². The number of aliphatic hydroxyl groups excluding tert-OH is 1. The van der Waals surface area contributed by atoms with Crippen LogP contribution in [-0.4, -0.2) is 154 Å². The molecule has 2 rings (SSSR count). The average Bonchev–Trinajstić information content (AvgIpc) is 3.72. The Morgan fingerprint density at radius 1 is 0.797 bits per heavy atom. The number of carbonyl (C=O) groups is 6. The van der Waals surface area contributed by atoms with Gasteiger partial charge in [0.2, 0.25) is 23.6 Å². The van der Waals surface area contributed by atoms with Crippen LogP contribution in [0.15, 0.2) is 24.4 Å². The van der Waals surface area contributed by atoms with Crippen LogP contribution in [0, 0.1) is 5.92 Å². The number of aliphatic hydroxyl groups is 1. The number of hydrogen-bond acceptors (Lipinski definition) is 15. The lowest BCUT2D eigenvalue weighted by molar-refractivity contribution is -0.132. The van der Waals surface area contributed by atoms with Crippen molar-refractivity contribution in [3.8, 4) is 0 Å². The molecule has 0 saturated carbocycles. The van der Waals surface area contributed by atoms with Crippen LogP contribution in [0.3, 0.4) is 0 Å². The van der Waals surface area contributed by atoms with Crippen molar-refractivity contribution in [2.45, 2.75) is 85.0 Å². The molecule has 360 valence electrons. The fraction of sp³-hybridized carbons (Fsp3) is 0.659. The third-order valence-corrected chi connectivity index (χ3v) is 8.87. The minimum Gasteiger partial charge on any atom is -0.443 e. The summed E-state index contributed by atoms with van der Waals surface area (Å²) in [5.74, 6) is -2.39. The van der Waals surface area contributed by atoms with Crippen LogP contribution < -0.4 is 37.6 Å². The number of ether oxygens (including phenoxy) is 6. The number of aryl methyl sites for hydroxylation is 1. The van der Waals surface area contributed by atoms with Gasteiger partial charge in [-0.3, -0.25) is 19.2 Å². The number of hydrogen-bond donors (Lipinski definition) is 8. The minimum atomic E-state index is -1.07. The first-order valence-electron chi connectivity index (χ1n) is 21.5. The van der Waals surface area contributed by atoms with E-state index in [0.29, 0.717) is 82.9 Å². The third-order valence-electron chi connectivity index (χ3n) is 8.87. The normalized spacial score (nSPS) is 12.0. The SMILES string of the molecule is CCCOCCC(=O)N[C@H](C(=O)N[C@@H](CCCNC(N)=O)C(=O)Nc1ccc(CC)c(NC(=O)CNC(=O)OCc2cn(CCOCCOCCOCCOCCO)nn2)c1)C(C)C. The van der Waals surface area contributed by atoms with E-state index in [9.17, 15) is 28.8 Å². The number of primary amides is 1. The van der Waals surface area contributed by atoms with Gasteiger partial charge in [0.05, 0.1) is 78.8 Å². The molecule has 0 aliphatic rings. The molecule has 0 fully saturated rings. The monoisotopic (exact) mass is 908 g/mol. The summed E-state index contributed by atoms with van der Waals surface area (Å²) < 4.78 is 33.5. The summed E-state index contributed by atoms with van der Waals surface area (Å²) in [6.45, 7) is 11.1. The van der Waals surface area contributed by atoms with Crippen molar-refractivity contribution in [3.63, 3.8) is 0 Å². The molecule has 64 heavy (non-hydrogen) atoms. The van der Waals surface area contributed by atoms with E-state index in [1.165, 1.54) is 4.68 Å². The van der Waals surface area contributed by atoms with Crippen molar-refractivity contribution >= 4 is 47.1 Å². The van der Waals surface area contributed by atoms with E-state index in [1.807, 2.05) is 13.8 Å². The van der Waals surface area contributed by atoms with Crippen molar-refractivity contribution in [3.05, 3.63) is 35.7 Å². The molecule has 23 heteroatoms. The van der Waals surface area contributed by atoms with Crippen LogP contribution in [0.5, 0.6) is 0 Å². The fourth-order valence-electron chi connectivity index (χ4n) is 5.58. The fourth-order valence-corrected chi connectivity index (χ4v) is 5.58. The average molecular weight is 909 g/mol. The Kier molecular flexibility index (Phi) is 28.3. The maximum absolute atomic E-state index is 13.6. The predicted octanol–water partition coefficient (Wildman–Crippen LogP) is 0.593. The number of anilines is 2. The second kappa shape index (κ2) is 33.1. The van der Waals surface area contributed by atoms with Gasteiger partial charge in [0, 0.05) is 30.9 Å². The molecule has 0 unspecified atom stereocenters. The van der Waals surface area contributed by atoms with Gasteiger partial charge in [0.1, 0.15) is 30.9 Å². The molecule has 1 heterocycles. The number of benzene rings is 1. The predicted molar refractivity (Wildman–Crippen MR) is 233 cm³/mol. The van der Waals surface area contributed by atoms with Crippen LogP contribution >= 0.6 is 0 Å². The Morgan fingerprint density at radius 2 is 1.47 bits per heavy atom. The summed E-state index contributed by atoms with van der Waals surface area (Å²) in [7, 11) is 0. The van der Waals surface area contributed by atoms with Crippen molar-refractivity contribution in [1.82, 2.24) is 36.3 Å². The van der Waals surface area contributed by atoms with Gasteiger partial charge in [-0.25, -0.2) is 14.3 Å². The van der Waals surface area contributed by atoms with Crippen molar-refractivity contribution < 1.29 is 62.3 Å². The molecule has 0 spiro atoms. The highest BCUT2D eigenvalue weighted by molar-refractivity contribution is 6.00. The highest BCUT2D eigenvalue weighted by atomic mass is 16.6. The van der Waals surface area contributed by atoms with Gasteiger partial charge in [-0.1, -0.05) is 39.0 Å². The Labute approximate surface area is 373 Å². The standard InChI is InChI=1S/C41H68N10O13/c1-5-15-59-16-11-35(53)48-37(29(3)4)39(56)47-33(8-7-12-43-40(42)57)38(55)45-31-10-9-30(6-2)34(25-31)46-36(54)26-44-41(58)64-28-32-27-51(50-49-32)13-17-60-19-21-62-23-24-63-22-20-61-18-14-52/h9-10,25,27,29,33,37,52H,5-8,11-24,26,28H2,1-4H3,(H,44,58)(H,45,55)(H,46,54)(H,47,56)(H,48,53)(H3,42,43,57)/t33-,37-/m0/s1. The molecule has 0 radical (unpaired) electrons. The molecule has 1 aromatic carbocycles. The van der Waals surface area contributed by atoms with Gasteiger partial charge >= 0.3 is 12.1 Å². The number of alkyl carbamates (subject to hydrolysis) is 1. The van der Waals surface area contributed by atoms with Crippen LogP contribution in [0.25, 0.3) is 0 Å². The molecule has 0 saturated heterocycles. The summed E-state index contributed by atoms with van der Waals surface area (Å²) in [6.07, 6.45) is 2.56. The zero-order valence-electron chi connectivity index (χ0n) is 37.4. The molecule has 7 amide bonds. The minimum absolute atomic E-state index is 0.0212. The van der Waals surface area contributed by atoms with Gasteiger partial charge in [0.15, 0.2) is 0 Å². The Morgan fingerprint density at radius 3 is 2.11 bits per heavy atom. The molecule has 2 aromatic rings. The summed E-state index contributed by atoms with van der Waals surface area (Å²) in [6, 6.07) is 2.18. The van der Waals surface area contributed by atoms with Crippen molar-refractivity contribution in [1.29, 1.82) is 0 Å². The van der Waals surface area contributed by atoms with E-state index in [2.05, 4.69) is 42.2 Å². The van der Waals surface area contributed by atoms with Crippen LogP contribution in [0.4, 0.5) is 21.0 Å². The number of rotatable bonds is 35. The second-order valence-electron chi connectivity index (χ2n) is 14.5. The molecule has 23 nitrogen and oxygen atoms in total. The zero-order chi connectivity index (χ0) is 47.0. The number of amides is 7. The van der Waals surface area contributed by atoms with Crippen LogP contribution in [0.2, 0.25) is 0 Å². The zero-order valence-corrected chi connectivity index (χ0v) is 37.4. The Balaban J connectivity index is 1.86. The number of nitrogens with two attached hydrogens (primary N) is 1. The Bertz CT molecular complexity index is 1700. The van der Waals surface area contributed by atoms with E-state index in [4.69, 9.17) is 39.3 Å². The smallest absolute Gasteiger partial charge is 0.407 e. The molecule has 9 N–H and O–H groups in total. The number of urea groups is 1. The largest absolute Gasteiger partial charge is 0.443 e. The van der Waals surface area contributed by atoms with E-state index >= 15 is 0 Å². The maximum Gasteiger partial charge on any atom is 0.407 e. The van der Waals surface area contributed by atoms with Gasteiger partial charge < -0.3 is 71.2 Å². The van der Waals surface area contributed by atoms with Crippen LogP contribution in [0.1, 0.15) is 64.6 Å². The number of nitrogens with one attached hydrogen (secondary N) is 6. The van der Waals surface area contributed by atoms with E-state index in [-0.39, 0.29) is 64.1 Å². The molecule has 0 aliphatic heterocycles. The quantitative estimate of drug-likeness (QED) is 0.0439. The Hall–Kier alpha value is -5.46. The first kappa shape index (κ1) is 54.7. The summed E-state index contributed by atoms with van der Waals surface area (Å²) in [5, 5.41) is 32.5. The van der Waals surface area contributed by atoms with Crippen molar-refractivity contribution in [2.24, 2.45) is 11.7 Å². The highest BCUT2D eigenvalue weighted by Crippen LogP contribution is 2.22. The lowest BCUT2D eigenvalue weighted by Crippen LogP contribution is -2.54. The van der Waals surface area contributed by atoms with Gasteiger partial charge in [0.25, 0.3) is 0 Å². The second-order valence-corrected chi connectivity index (χ2v) is 14.5. The van der Waals surface area contributed by atoms with E-state index < -0.39 is 48.5 Å². The molecule has 1 aromatic heterocycles. The number of carbonyl (C=O) groups excluding carboxylic acids is 6. The van der Waals surface area contributed by atoms with Crippen molar-refractivity contribution in [2.75, 3.05) is 96.4 Å². The summed E-state index contributed by atoms with van der Waals surface area (Å²) in [5.41, 5.74) is 7.00. The molecule has 2 atom stereocenters. The lowest BCUT2D eigenvalue weighted by atomic mass is 10.0. The molecular formula is C41H68N10O13.